The molecular formula is C16H18F2N2O3. The highest BCUT2D eigenvalue weighted by molar-refractivity contribution is 5.33. The lowest BCUT2D eigenvalue weighted by molar-refractivity contribution is -0.260. The van der Waals surface area contributed by atoms with E-state index in [1.807, 2.05) is 0 Å². The van der Waals surface area contributed by atoms with Crippen LogP contribution in [0.15, 0.2) is 36.4 Å². The highest BCUT2D eigenvalue weighted by atomic mass is 19.1. The number of hydrogen-bond donors (Lipinski definition) is 3. The van der Waals surface area contributed by atoms with Gasteiger partial charge in [-0.1, -0.05) is 24.3 Å². The van der Waals surface area contributed by atoms with Gasteiger partial charge in [0.2, 0.25) is 0 Å². The zero-order chi connectivity index (χ0) is 17.0. The first-order chi connectivity index (χ1) is 10.9. The molecule has 0 heterocycles. The zero-order valence-electron chi connectivity index (χ0n) is 12.6. The third-order valence-corrected chi connectivity index (χ3v) is 3.13. The van der Waals surface area contributed by atoms with Gasteiger partial charge in [-0.25, -0.2) is 8.78 Å². The minimum Gasteiger partial charge on any atom is -0.427 e. The summed E-state index contributed by atoms with van der Waals surface area (Å²) in [6, 6.07) is 8.63. The standard InChI is InChI=1S/C16H18F2N2O3/c1-16(21,22-12-6-2-4-10(8-19)14(12)17)23-13-7-3-5-11(9-20)15(13)18/h2-7,21H,8-9,19-20H2,1H3. The third kappa shape index (κ3) is 3.95. The second kappa shape index (κ2) is 6.91. The summed E-state index contributed by atoms with van der Waals surface area (Å²) in [6.45, 7) is 1.06. The van der Waals surface area contributed by atoms with E-state index >= 15 is 0 Å². The average molecular weight is 324 g/mol. The molecule has 0 aliphatic heterocycles. The molecule has 0 aliphatic carbocycles. The lowest BCUT2D eigenvalue weighted by atomic mass is 10.2. The molecule has 0 spiro atoms. The fourth-order valence-electron chi connectivity index (χ4n) is 2.01. The van der Waals surface area contributed by atoms with Crippen LogP contribution in [0, 0.1) is 11.6 Å². The summed E-state index contributed by atoms with van der Waals surface area (Å²) in [5.74, 6) is -4.23. The van der Waals surface area contributed by atoms with E-state index in [9.17, 15) is 13.9 Å². The fourth-order valence-corrected chi connectivity index (χ4v) is 2.01. The molecule has 2 aromatic rings. The Bertz CT molecular complexity index is 636. The molecule has 0 bridgehead atoms. The highest BCUT2D eigenvalue weighted by Crippen LogP contribution is 2.28. The van der Waals surface area contributed by atoms with Gasteiger partial charge in [-0.3, -0.25) is 0 Å². The number of rotatable bonds is 6. The Morgan fingerprint density at radius 3 is 1.65 bits per heavy atom. The van der Waals surface area contributed by atoms with E-state index in [1.54, 1.807) is 0 Å². The topological polar surface area (TPSA) is 90.7 Å². The van der Waals surface area contributed by atoms with E-state index in [0.717, 1.165) is 6.92 Å². The predicted molar refractivity (Wildman–Crippen MR) is 80.5 cm³/mol. The molecular weight excluding hydrogens is 306 g/mol. The number of halogens is 2. The van der Waals surface area contributed by atoms with Gasteiger partial charge in [0.1, 0.15) is 0 Å². The number of aliphatic hydroxyl groups is 1. The summed E-state index contributed by atoms with van der Waals surface area (Å²) in [4.78, 5) is 0. The van der Waals surface area contributed by atoms with Gasteiger partial charge in [0, 0.05) is 31.1 Å². The summed E-state index contributed by atoms with van der Waals surface area (Å²) in [7, 11) is 0. The minimum atomic E-state index is -2.29. The van der Waals surface area contributed by atoms with Crippen molar-refractivity contribution < 1.29 is 23.4 Å². The van der Waals surface area contributed by atoms with Gasteiger partial charge < -0.3 is 26.0 Å². The summed E-state index contributed by atoms with van der Waals surface area (Å²) in [5, 5.41) is 10.2. The molecule has 0 aromatic heterocycles. The summed E-state index contributed by atoms with van der Waals surface area (Å²) < 4.78 is 38.4. The van der Waals surface area contributed by atoms with Crippen molar-refractivity contribution >= 4 is 0 Å². The molecule has 124 valence electrons. The number of hydrogen-bond acceptors (Lipinski definition) is 5. The van der Waals surface area contributed by atoms with Crippen molar-refractivity contribution in [3.8, 4) is 11.5 Å². The first-order valence-electron chi connectivity index (χ1n) is 6.93. The Labute approximate surface area is 132 Å². The average Bonchev–Trinajstić information content (AvgIpc) is 2.51. The lowest BCUT2D eigenvalue weighted by Gasteiger charge is -2.26. The van der Waals surface area contributed by atoms with Gasteiger partial charge in [0.25, 0.3) is 0 Å². The van der Waals surface area contributed by atoms with Crippen LogP contribution < -0.4 is 20.9 Å². The monoisotopic (exact) mass is 324 g/mol. The molecule has 0 radical (unpaired) electrons. The second-order valence-electron chi connectivity index (χ2n) is 4.97. The van der Waals surface area contributed by atoms with E-state index in [4.69, 9.17) is 20.9 Å². The van der Waals surface area contributed by atoms with E-state index in [2.05, 4.69) is 0 Å². The normalized spacial score (nSPS) is 11.4. The molecule has 23 heavy (non-hydrogen) atoms. The first kappa shape index (κ1) is 17.1. The maximum Gasteiger partial charge on any atom is 0.366 e. The van der Waals surface area contributed by atoms with Crippen LogP contribution in [0.4, 0.5) is 8.78 Å². The Hall–Kier alpha value is -2.22. The molecule has 0 saturated heterocycles. The molecule has 7 heteroatoms. The van der Waals surface area contributed by atoms with Crippen molar-refractivity contribution in [1.29, 1.82) is 0 Å². The summed E-state index contributed by atoms with van der Waals surface area (Å²) in [6.07, 6.45) is 0. The largest absolute Gasteiger partial charge is 0.427 e. The molecule has 0 fully saturated rings. The molecule has 0 amide bonds. The van der Waals surface area contributed by atoms with Crippen LogP contribution >= 0.6 is 0 Å². The van der Waals surface area contributed by atoms with Crippen LogP contribution in [0.2, 0.25) is 0 Å². The summed E-state index contributed by atoms with van der Waals surface area (Å²) >= 11 is 0. The van der Waals surface area contributed by atoms with Crippen molar-refractivity contribution in [1.82, 2.24) is 0 Å². The lowest BCUT2D eigenvalue weighted by Crippen LogP contribution is -2.39. The van der Waals surface area contributed by atoms with Gasteiger partial charge in [0.15, 0.2) is 23.1 Å². The molecule has 2 rings (SSSR count). The number of ether oxygens (including phenoxy) is 2. The van der Waals surface area contributed by atoms with Gasteiger partial charge in [-0.15, -0.1) is 0 Å². The molecule has 0 atom stereocenters. The maximum absolute atomic E-state index is 14.1. The van der Waals surface area contributed by atoms with Crippen LogP contribution in [-0.4, -0.2) is 11.1 Å². The van der Waals surface area contributed by atoms with Crippen LogP contribution in [0.1, 0.15) is 18.1 Å². The smallest absolute Gasteiger partial charge is 0.366 e. The van der Waals surface area contributed by atoms with Crippen LogP contribution in [0.3, 0.4) is 0 Å². The Morgan fingerprint density at radius 1 is 0.913 bits per heavy atom. The SMILES string of the molecule is CC(O)(Oc1cccc(CN)c1F)Oc1cccc(CN)c1F. The Kier molecular flexibility index (Phi) is 5.15. The van der Waals surface area contributed by atoms with Gasteiger partial charge in [-0.05, 0) is 12.1 Å². The first-order valence-corrected chi connectivity index (χ1v) is 6.93. The second-order valence-corrected chi connectivity index (χ2v) is 4.97. The van der Waals surface area contributed by atoms with Crippen molar-refractivity contribution in [2.75, 3.05) is 0 Å². The maximum atomic E-state index is 14.1. The number of benzene rings is 2. The Morgan fingerprint density at radius 2 is 1.30 bits per heavy atom. The number of nitrogens with two attached hydrogens (primary N) is 2. The van der Waals surface area contributed by atoms with Crippen molar-refractivity contribution in [3.63, 3.8) is 0 Å². The van der Waals surface area contributed by atoms with E-state index in [-0.39, 0.29) is 35.7 Å². The molecule has 0 saturated carbocycles. The van der Waals surface area contributed by atoms with E-state index in [0.29, 0.717) is 0 Å². The van der Waals surface area contributed by atoms with Crippen LogP contribution in [0.25, 0.3) is 0 Å². The van der Waals surface area contributed by atoms with E-state index in [1.165, 1.54) is 36.4 Å². The van der Waals surface area contributed by atoms with Gasteiger partial charge >= 0.3 is 5.97 Å². The fraction of sp³-hybridized carbons (Fsp3) is 0.250. The third-order valence-electron chi connectivity index (χ3n) is 3.13. The molecule has 2 aromatic carbocycles. The Balaban J connectivity index is 2.23. The van der Waals surface area contributed by atoms with Crippen LogP contribution in [0.5, 0.6) is 11.5 Å². The van der Waals surface area contributed by atoms with Crippen molar-refractivity contribution in [3.05, 3.63) is 59.2 Å². The van der Waals surface area contributed by atoms with Gasteiger partial charge in [0.05, 0.1) is 0 Å². The summed E-state index contributed by atoms with van der Waals surface area (Å²) in [5.41, 5.74) is 11.3. The van der Waals surface area contributed by atoms with Crippen LogP contribution in [-0.2, 0) is 13.1 Å². The van der Waals surface area contributed by atoms with E-state index < -0.39 is 17.6 Å². The van der Waals surface area contributed by atoms with Crippen molar-refractivity contribution in [2.45, 2.75) is 26.0 Å². The molecule has 5 nitrogen and oxygen atoms in total. The van der Waals surface area contributed by atoms with Gasteiger partial charge in [-0.2, -0.15) is 0 Å². The molecule has 0 unspecified atom stereocenters. The minimum absolute atomic E-state index is 0.0286. The predicted octanol–water partition coefficient (Wildman–Crippen LogP) is 2.01. The highest BCUT2D eigenvalue weighted by Gasteiger charge is 2.28. The molecule has 5 N–H and O–H groups in total. The van der Waals surface area contributed by atoms with Crippen molar-refractivity contribution in [2.24, 2.45) is 11.5 Å². The zero-order valence-corrected chi connectivity index (χ0v) is 12.6. The quantitative estimate of drug-likeness (QED) is 0.707. The molecule has 0 aliphatic rings.